The second-order valence-corrected chi connectivity index (χ2v) is 11.1. The lowest BCUT2D eigenvalue weighted by Gasteiger charge is -2.30. The molecule has 0 rings (SSSR count). The highest BCUT2D eigenvalue weighted by Crippen LogP contribution is 2.53. The van der Waals surface area contributed by atoms with Gasteiger partial charge in [-0.1, -0.05) is 62.3 Å². The first-order chi connectivity index (χ1) is 8.12. The van der Waals surface area contributed by atoms with E-state index >= 15 is 0 Å². The molecule has 0 aromatic heterocycles. The van der Waals surface area contributed by atoms with Crippen LogP contribution in [0.15, 0.2) is 0 Å². The lowest BCUT2D eigenvalue weighted by atomic mass is 9.99. The van der Waals surface area contributed by atoms with Gasteiger partial charge in [-0.15, -0.1) is 0 Å². The van der Waals surface area contributed by atoms with Gasteiger partial charge in [0, 0.05) is 0 Å². The molecule has 116 valence electrons. The summed E-state index contributed by atoms with van der Waals surface area (Å²) in [4.78, 5) is 0. The maximum Gasteiger partial charge on any atom is 0.331 e. The van der Waals surface area contributed by atoms with E-state index in [9.17, 15) is 4.57 Å². The van der Waals surface area contributed by atoms with Crippen molar-refractivity contribution in [2.75, 3.05) is 19.4 Å². The zero-order valence-corrected chi connectivity index (χ0v) is 15.2. The fraction of sp³-hybridized carbons (Fsp3) is 1.00. The van der Waals surface area contributed by atoms with Crippen molar-refractivity contribution in [2.45, 2.75) is 62.3 Å². The van der Waals surface area contributed by atoms with Crippen molar-refractivity contribution in [3.63, 3.8) is 0 Å². The van der Waals surface area contributed by atoms with Gasteiger partial charge in [0.2, 0.25) is 0 Å². The highest BCUT2D eigenvalue weighted by atomic mass is 31.2. The molecule has 0 aliphatic rings. The van der Waals surface area contributed by atoms with Gasteiger partial charge in [-0.25, -0.2) is 0 Å². The Morgan fingerprint density at radius 1 is 0.684 bits per heavy atom. The van der Waals surface area contributed by atoms with Crippen LogP contribution in [-0.2, 0) is 13.6 Å². The summed E-state index contributed by atoms with van der Waals surface area (Å²) in [7, 11) is -3.03. The van der Waals surface area contributed by atoms with Crippen molar-refractivity contribution in [3.05, 3.63) is 0 Å². The molecule has 0 heterocycles. The molecule has 0 N–H and O–H groups in total. The average Bonchev–Trinajstić information content (AvgIpc) is 2.07. The zero-order chi connectivity index (χ0) is 15.5. The minimum absolute atomic E-state index is 0.0152. The van der Waals surface area contributed by atoms with E-state index in [2.05, 4.69) is 62.3 Å². The molecule has 19 heavy (non-hydrogen) atoms. The van der Waals surface area contributed by atoms with E-state index in [1.165, 1.54) is 0 Å². The third-order valence-electron chi connectivity index (χ3n) is 2.06. The van der Waals surface area contributed by atoms with Crippen LogP contribution in [-0.4, -0.2) is 19.4 Å². The maximum absolute atomic E-state index is 12.9. The second kappa shape index (κ2) is 6.28. The van der Waals surface area contributed by atoms with Gasteiger partial charge in [0.15, 0.2) is 0 Å². The predicted octanol–water partition coefficient (Wildman–Crippen LogP) is 5.35. The summed E-state index contributed by atoms with van der Waals surface area (Å²) in [6.07, 6.45) is 0.451. The molecule has 0 bridgehead atoms. The van der Waals surface area contributed by atoms with Crippen LogP contribution in [0.1, 0.15) is 62.3 Å². The van der Waals surface area contributed by atoms with Crippen molar-refractivity contribution in [1.29, 1.82) is 0 Å². The molecule has 0 saturated heterocycles. The van der Waals surface area contributed by atoms with E-state index in [0.717, 1.165) is 0 Å². The van der Waals surface area contributed by atoms with E-state index in [4.69, 9.17) is 9.05 Å². The van der Waals surface area contributed by atoms with Crippen molar-refractivity contribution >= 4 is 7.60 Å². The molecule has 0 spiro atoms. The summed E-state index contributed by atoms with van der Waals surface area (Å²) in [6.45, 7) is 19.5. The highest BCUT2D eigenvalue weighted by Gasteiger charge is 2.33. The Hall–Kier alpha value is 0.150. The van der Waals surface area contributed by atoms with Crippen LogP contribution in [0.2, 0.25) is 0 Å². The fourth-order valence-corrected chi connectivity index (χ4v) is 3.88. The minimum atomic E-state index is -3.03. The maximum atomic E-state index is 12.9. The number of rotatable bonds is 5. The Morgan fingerprint density at radius 3 is 1.21 bits per heavy atom. The number of hydrogen-bond donors (Lipinski definition) is 0. The third kappa shape index (κ3) is 11.7. The summed E-state index contributed by atoms with van der Waals surface area (Å²) in [6, 6.07) is 0. The first-order valence-corrected chi connectivity index (χ1v) is 8.73. The van der Waals surface area contributed by atoms with Crippen LogP contribution < -0.4 is 0 Å². The van der Waals surface area contributed by atoms with E-state index in [1.54, 1.807) is 0 Å². The standard InChI is InChI=1S/C15H33O3P/c1-13(2,3)10-17-19(16,12-15(7,8)9)18-11-14(4,5)6/h10-12H2,1-9H3. The molecular weight excluding hydrogens is 259 g/mol. The van der Waals surface area contributed by atoms with Gasteiger partial charge < -0.3 is 9.05 Å². The fourth-order valence-electron chi connectivity index (χ4n) is 1.29. The van der Waals surface area contributed by atoms with Gasteiger partial charge in [0.1, 0.15) is 0 Å². The summed E-state index contributed by atoms with van der Waals surface area (Å²) in [5.41, 5.74) is -0.109. The van der Waals surface area contributed by atoms with Gasteiger partial charge in [-0.3, -0.25) is 4.57 Å². The van der Waals surface area contributed by atoms with Gasteiger partial charge in [-0.2, -0.15) is 0 Å². The quantitative estimate of drug-likeness (QED) is 0.641. The Balaban J connectivity index is 4.78. The van der Waals surface area contributed by atoms with Crippen LogP contribution in [0, 0.1) is 16.2 Å². The Kier molecular flexibility index (Phi) is 6.33. The summed E-state index contributed by atoms with van der Waals surface area (Å²) in [5, 5.41) is 0. The predicted molar refractivity (Wildman–Crippen MR) is 82.7 cm³/mol. The summed E-state index contributed by atoms with van der Waals surface area (Å²) in [5.74, 6) is 0. The van der Waals surface area contributed by atoms with Crippen molar-refractivity contribution < 1.29 is 13.6 Å². The summed E-state index contributed by atoms with van der Waals surface area (Å²) >= 11 is 0. The van der Waals surface area contributed by atoms with Gasteiger partial charge in [0.25, 0.3) is 0 Å². The van der Waals surface area contributed by atoms with Crippen molar-refractivity contribution in [1.82, 2.24) is 0 Å². The lowest BCUT2D eigenvalue weighted by Crippen LogP contribution is -2.22. The van der Waals surface area contributed by atoms with Crippen LogP contribution in [0.3, 0.4) is 0 Å². The van der Waals surface area contributed by atoms with Crippen LogP contribution in [0.25, 0.3) is 0 Å². The van der Waals surface area contributed by atoms with Gasteiger partial charge >= 0.3 is 7.60 Å². The van der Waals surface area contributed by atoms with Crippen LogP contribution >= 0.6 is 7.60 Å². The Morgan fingerprint density at radius 2 is 1.00 bits per heavy atom. The molecule has 3 nitrogen and oxygen atoms in total. The largest absolute Gasteiger partial charge is 0.331 e. The van der Waals surface area contributed by atoms with Gasteiger partial charge in [-0.05, 0) is 16.2 Å². The van der Waals surface area contributed by atoms with Crippen LogP contribution in [0.5, 0.6) is 0 Å². The van der Waals surface area contributed by atoms with E-state index in [0.29, 0.717) is 19.4 Å². The topological polar surface area (TPSA) is 35.5 Å². The average molecular weight is 292 g/mol. The van der Waals surface area contributed by atoms with Crippen molar-refractivity contribution in [2.24, 2.45) is 16.2 Å². The lowest BCUT2D eigenvalue weighted by molar-refractivity contribution is 0.119. The van der Waals surface area contributed by atoms with E-state index in [1.807, 2.05) is 0 Å². The SMILES string of the molecule is CC(C)(C)COP(=O)(CC(C)(C)C)OCC(C)(C)C. The van der Waals surface area contributed by atoms with Gasteiger partial charge in [0.05, 0.1) is 19.4 Å². The Labute approximate surface area is 120 Å². The third-order valence-corrected chi connectivity index (χ3v) is 4.44. The molecule has 0 amide bonds. The molecular formula is C15H33O3P. The van der Waals surface area contributed by atoms with E-state index < -0.39 is 7.60 Å². The molecule has 0 aromatic rings. The first-order valence-electron chi connectivity index (χ1n) is 7.00. The molecule has 0 saturated carbocycles. The Bertz CT molecular complexity index is 294. The molecule has 0 radical (unpaired) electrons. The molecule has 0 unspecified atom stereocenters. The van der Waals surface area contributed by atoms with E-state index in [-0.39, 0.29) is 16.2 Å². The van der Waals surface area contributed by atoms with Crippen LogP contribution in [0.4, 0.5) is 0 Å². The zero-order valence-electron chi connectivity index (χ0n) is 14.3. The minimum Gasteiger partial charge on any atom is -0.308 e. The molecule has 4 heteroatoms. The summed E-state index contributed by atoms with van der Waals surface area (Å²) < 4.78 is 24.3. The normalized spacial score (nSPS) is 14.8. The smallest absolute Gasteiger partial charge is 0.308 e. The second-order valence-electron chi connectivity index (χ2n) is 9.00. The first kappa shape index (κ1) is 19.1. The van der Waals surface area contributed by atoms with Crippen molar-refractivity contribution in [3.8, 4) is 0 Å². The highest BCUT2D eigenvalue weighted by molar-refractivity contribution is 7.53. The molecule has 0 aliphatic carbocycles. The molecule has 0 fully saturated rings. The molecule has 0 aromatic carbocycles. The molecule has 0 aliphatic heterocycles. The monoisotopic (exact) mass is 292 g/mol. The number of hydrogen-bond acceptors (Lipinski definition) is 3. The molecule has 0 atom stereocenters.